The van der Waals surface area contributed by atoms with Crippen LogP contribution in [0.3, 0.4) is 0 Å². The van der Waals surface area contributed by atoms with E-state index in [1.165, 1.54) is 31.0 Å². The SMILES string of the molecule is O=C(NCC12CC(c3ccccc3)(C1)C2)c1ccnnc1. The quantitative estimate of drug-likeness (QED) is 0.934. The van der Waals surface area contributed by atoms with Gasteiger partial charge in [0.15, 0.2) is 0 Å². The van der Waals surface area contributed by atoms with Crippen molar-refractivity contribution in [2.24, 2.45) is 5.41 Å². The van der Waals surface area contributed by atoms with E-state index >= 15 is 0 Å². The summed E-state index contributed by atoms with van der Waals surface area (Å²) in [5, 5.41) is 10.5. The molecule has 1 N–H and O–H groups in total. The molecule has 1 aromatic heterocycles. The van der Waals surface area contributed by atoms with Crippen molar-refractivity contribution in [3.8, 4) is 0 Å². The summed E-state index contributed by atoms with van der Waals surface area (Å²) in [6, 6.07) is 12.4. The standard InChI is InChI=1S/C17H17N3O/c21-15(13-6-7-19-20-8-13)18-12-16-9-17(10-16,11-16)14-4-2-1-3-5-14/h1-8H,9-12H2,(H,18,21). The Bertz CT molecular complexity index is 649. The van der Waals surface area contributed by atoms with Crippen LogP contribution in [0.15, 0.2) is 48.8 Å². The molecular weight excluding hydrogens is 262 g/mol. The summed E-state index contributed by atoms with van der Waals surface area (Å²) in [5.74, 6) is -0.0524. The molecule has 0 atom stereocenters. The van der Waals surface area contributed by atoms with E-state index in [0.717, 1.165) is 6.54 Å². The van der Waals surface area contributed by atoms with Crippen LogP contribution in [0.4, 0.5) is 0 Å². The number of benzene rings is 1. The first-order valence-corrected chi connectivity index (χ1v) is 7.32. The highest BCUT2D eigenvalue weighted by atomic mass is 16.1. The Kier molecular flexibility index (Phi) is 2.61. The highest BCUT2D eigenvalue weighted by molar-refractivity contribution is 5.93. The molecule has 0 saturated heterocycles. The molecule has 3 saturated carbocycles. The zero-order valence-electron chi connectivity index (χ0n) is 11.7. The summed E-state index contributed by atoms with van der Waals surface area (Å²) >= 11 is 0. The summed E-state index contributed by atoms with van der Waals surface area (Å²) < 4.78 is 0. The van der Waals surface area contributed by atoms with Gasteiger partial charge in [-0.05, 0) is 41.7 Å². The van der Waals surface area contributed by atoms with E-state index in [-0.39, 0.29) is 5.91 Å². The van der Waals surface area contributed by atoms with Crippen molar-refractivity contribution >= 4 is 5.91 Å². The maximum absolute atomic E-state index is 12.0. The number of amides is 1. The van der Waals surface area contributed by atoms with Crippen molar-refractivity contribution < 1.29 is 4.79 Å². The first-order valence-electron chi connectivity index (χ1n) is 7.32. The van der Waals surface area contributed by atoms with Crippen molar-refractivity contribution in [3.63, 3.8) is 0 Å². The number of nitrogens with zero attached hydrogens (tertiary/aromatic N) is 2. The summed E-state index contributed by atoms with van der Waals surface area (Å²) in [6.45, 7) is 0.767. The van der Waals surface area contributed by atoms with Gasteiger partial charge in [-0.25, -0.2) is 0 Å². The molecule has 106 valence electrons. The van der Waals surface area contributed by atoms with Crippen LogP contribution in [-0.4, -0.2) is 22.6 Å². The molecule has 4 nitrogen and oxygen atoms in total. The van der Waals surface area contributed by atoms with Crippen LogP contribution in [0.1, 0.15) is 35.2 Å². The van der Waals surface area contributed by atoms with Gasteiger partial charge >= 0.3 is 0 Å². The van der Waals surface area contributed by atoms with Gasteiger partial charge in [0.05, 0.1) is 18.0 Å². The van der Waals surface area contributed by atoms with E-state index in [4.69, 9.17) is 0 Å². The van der Waals surface area contributed by atoms with Crippen molar-refractivity contribution in [1.82, 2.24) is 15.5 Å². The maximum atomic E-state index is 12.0. The number of rotatable bonds is 4. The molecule has 4 heteroatoms. The van der Waals surface area contributed by atoms with Crippen molar-refractivity contribution in [3.05, 3.63) is 59.9 Å². The summed E-state index contributed by atoms with van der Waals surface area (Å²) in [5.41, 5.74) is 2.75. The van der Waals surface area contributed by atoms with Crippen LogP contribution in [0.5, 0.6) is 0 Å². The molecular formula is C17H17N3O. The molecule has 0 radical (unpaired) electrons. The Morgan fingerprint density at radius 2 is 1.86 bits per heavy atom. The van der Waals surface area contributed by atoms with Crippen LogP contribution >= 0.6 is 0 Å². The topological polar surface area (TPSA) is 54.9 Å². The second-order valence-electron chi connectivity index (χ2n) is 6.49. The monoisotopic (exact) mass is 279 g/mol. The van der Waals surface area contributed by atoms with Gasteiger partial charge in [-0.15, -0.1) is 0 Å². The van der Waals surface area contributed by atoms with Crippen LogP contribution < -0.4 is 5.32 Å². The zero-order chi connectivity index (χ0) is 14.3. The predicted molar refractivity (Wildman–Crippen MR) is 78.8 cm³/mol. The normalized spacial score (nSPS) is 29.1. The van der Waals surface area contributed by atoms with Crippen molar-refractivity contribution in [2.75, 3.05) is 6.54 Å². The largest absolute Gasteiger partial charge is 0.351 e. The Hall–Kier alpha value is -2.23. The van der Waals surface area contributed by atoms with Crippen LogP contribution in [0, 0.1) is 5.41 Å². The lowest BCUT2D eigenvalue weighted by atomic mass is 9.33. The van der Waals surface area contributed by atoms with Gasteiger partial charge in [0, 0.05) is 6.54 Å². The highest BCUT2D eigenvalue weighted by Gasteiger charge is 2.67. The lowest BCUT2D eigenvalue weighted by Crippen LogP contribution is -2.68. The van der Waals surface area contributed by atoms with Gasteiger partial charge in [0.1, 0.15) is 0 Å². The summed E-state index contributed by atoms with van der Waals surface area (Å²) in [6.07, 6.45) is 6.62. The first-order chi connectivity index (χ1) is 10.2. The third kappa shape index (κ3) is 1.94. The number of hydrogen-bond acceptors (Lipinski definition) is 3. The van der Waals surface area contributed by atoms with Gasteiger partial charge < -0.3 is 5.32 Å². The van der Waals surface area contributed by atoms with E-state index in [1.807, 2.05) is 0 Å². The number of hydrogen-bond donors (Lipinski definition) is 1. The van der Waals surface area contributed by atoms with E-state index in [1.54, 1.807) is 12.3 Å². The first kappa shape index (κ1) is 12.5. The summed E-state index contributed by atoms with van der Waals surface area (Å²) in [7, 11) is 0. The molecule has 2 aromatic rings. The minimum Gasteiger partial charge on any atom is -0.351 e. The number of nitrogens with one attached hydrogen (secondary N) is 1. The third-order valence-electron chi connectivity index (χ3n) is 5.00. The summed E-state index contributed by atoms with van der Waals surface area (Å²) in [4.78, 5) is 12.0. The molecule has 0 spiro atoms. The van der Waals surface area contributed by atoms with E-state index < -0.39 is 0 Å². The Balaban J connectivity index is 1.35. The molecule has 3 aliphatic carbocycles. The van der Waals surface area contributed by atoms with Gasteiger partial charge in [0.2, 0.25) is 0 Å². The maximum Gasteiger partial charge on any atom is 0.252 e. The fraction of sp³-hybridized carbons (Fsp3) is 0.353. The average molecular weight is 279 g/mol. The molecule has 5 rings (SSSR count). The third-order valence-corrected chi connectivity index (χ3v) is 5.00. The molecule has 0 unspecified atom stereocenters. The molecule has 1 heterocycles. The van der Waals surface area contributed by atoms with Crippen LogP contribution in [0.25, 0.3) is 0 Å². The molecule has 1 aromatic carbocycles. The van der Waals surface area contributed by atoms with Crippen LogP contribution in [0.2, 0.25) is 0 Å². The predicted octanol–water partition coefficient (Wildman–Crippen LogP) is 2.33. The minimum atomic E-state index is -0.0524. The Labute approximate surface area is 123 Å². The van der Waals surface area contributed by atoms with E-state index in [2.05, 4.69) is 45.8 Å². The number of aromatic nitrogens is 2. The molecule has 3 aliphatic rings. The fourth-order valence-corrected chi connectivity index (χ4v) is 4.08. The second-order valence-corrected chi connectivity index (χ2v) is 6.49. The average Bonchev–Trinajstić information content (AvgIpc) is 2.46. The molecule has 0 aliphatic heterocycles. The number of carbonyl (C=O) groups is 1. The Morgan fingerprint density at radius 1 is 1.10 bits per heavy atom. The van der Waals surface area contributed by atoms with Crippen LogP contribution in [-0.2, 0) is 5.41 Å². The van der Waals surface area contributed by atoms with Crippen molar-refractivity contribution in [1.29, 1.82) is 0 Å². The lowest BCUT2D eigenvalue weighted by Gasteiger charge is -2.71. The van der Waals surface area contributed by atoms with E-state index in [0.29, 0.717) is 16.4 Å². The molecule has 2 bridgehead atoms. The minimum absolute atomic E-state index is 0.0524. The number of carbonyl (C=O) groups excluding carboxylic acids is 1. The molecule has 21 heavy (non-hydrogen) atoms. The smallest absolute Gasteiger partial charge is 0.252 e. The van der Waals surface area contributed by atoms with Gasteiger partial charge in [-0.2, -0.15) is 10.2 Å². The Morgan fingerprint density at radius 3 is 2.52 bits per heavy atom. The molecule has 3 fully saturated rings. The van der Waals surface area contributed by atoms with Gasteiger partial charge in [-0.1, -0.05) is 30.3 Å². The van der Waals surface area contributed by atoms with Gasteiger partial charge in [-0.3, -0.25) is 4.79 Å². The van der Waals surface area contributed by atoms with E-state index in [9.17, 15) is 4.79 Å². The highest BCUT2D eigenvalue weighted by Crippen LogP contribution is 2.73. The molecule has 1 amide bonds. The second kappa shape index (κ2) is 4.38. The lowest BCUT2D eigenvalue weighted by molar-refractivity contribution is -0.136. The van der Waals surface area contributed by atoms with Gasteiger partial charge in [0.25, 0.3) is 5.91 Å². The zero-order valence-corrected chi connectivity index (χ0v) is 11.7. The fourth-order valence-electron chi connectivity index (χ4n) is 4.08. The van der Waals surface area contributed by atoms with Crippen molar-refractivity contribution in [2.45, 2.75) is 24.7 Å².